The Morgan fingerprint density at radius 3 is 2.29 bits per heavy atom. The van der Waals surface area contributed by atoms with Gasteiger partial charge in [-0.2, -0.15) is 0 Å². The van der Waals surface area contributed by atoms with Crippen molar-refractivity contribution in [3.63, 3.8) is 0 Å². The number of benzene rings is 1. The van der Waals surface area contributed by atoms with E-state index in [1.807, 2.05) is 0 Å². The molecule has 0 aliphatic heterocycles. The van der Waals surface area contributed by atoms with Crippen molar-refractivity contribution >= 4 is 25.8 Å². The topological polar surface area (TPSA) is 138 Å². The van der Waals surface area contributed by atoms with E-state index in [0.29, 0.717) is 0 Å². The molecule has 1 rings (SSSR count). The van der Waals surface area contributed by atoms with E-state index in [-0.39, 0.29) is 15.6 Å². The van der Waals surface area contributed by atoms with Gasteiger partial charge in [-0.05, 0) is 18.1 Å². The monoisotopic (exact) mass is 355 g/mol. The van der Waals surface area contributed by atoms with Crippen LogP contribution in [0.1, 0.15) is 5.56 Å². The van der Waals surface area contributed by atoms with E-state index in [4.69, 9.17) is 15.9 Å². The number of rotatable bonds is 4. The molecule has 1 unspecified atom stereocenters. The lowest BCUT2D eigenvalue weighted by Gasteiger charge is -2.09. The minimum Gasteiger partial charge on any atom is -0.504 e. The Labute approximate surface area is 103 Å². The van der Waals surface area contributed by atoms with Crippen molar-refractivity contribution in [1.82, 2.24) is 0 Å². The summed E-state index contributed by atoms with van der Waals surface area (Å²) in [6.45, 7) is 0. The van der Waals surface area contributed by atoms with Crippen LogP contribution in [0.25, 0.3) is 0 Å². The van der Waals surface area contributed by atoms with Crippen molar-refractivity contribution < 1.29 is 26.3 Å². The minimum absolute atomic E-state index is 0.0883. The molecule has 0 aliphatic rings. The molecule has 94 valence electrons. The fraction of sp³-hybridized carbons (Fsp3) is 0.222. The molecule has 0 fully saturated rings. The maximum Gasteiger partial charge on any atom is 0.341 e. The van der Waals surface area contributed by atoms with Crippen LogP contribution in [0, 0.1) is 3.57 Å². The van der Waals surface area contributed by atoms with E-state index in [1.54, 1.807) is 0 Å². The molecule has 0 saturated heterocycles. The van der Waals surface area contributed by atoms with Gasteiger partial charge in [0.2, 0.25) is 0 Å². The number of nitrogens with two attached hydrogens (primary N) is 1. The van der Waals surface area contributed by atoms with Crippen LogP contribution in [0.4, 0.5) is 0 Å². The second kappa shape index (κ2) is 5.27. The van der Waals surface area contributed by atoms with Gasteiger partial charge in [-0.1, -0.05) is 0 Å². The Hall–Kier alpha value is -1.42. The number of phenols is 2. The van der Waals surface area contributed by atoms with Gasteiger partial charge >= 0.3 is 25.8 Å². The summed E-state index contributed by atoms with van der Waals surface area (Å²) in [5.74, 6) is -2.36. The van der Waals surface area contributed by atoms with Crippen LogP contribution in [0.2, 0.25) is 0 Å². The first kappa shape index (κ1) is 13.6. The predicted octanol–water partition coefficient (Wildman–Crippen LogP) is 0.419. The quantitative estimate of drug-likeness (QED) is 0.454. The third-order valence-electron chi connectivity index (χ3n) is 2.07. The highest BCUT2D eigenvalue weighted by Crippen LogP contribution is 2.33. The summed E-state index contributed by atoms with van der Waals surface area (Å²) in [4.78, 5) is 10.6. The zero-order valence-electron chi connectivity index (χ0n) is 8.46. The fourth-order valence-electron chi connectivity index (χ4n) is 1.22. The molecule has 5 N–H and O–H groups in total. The van der Waals surface area contributed by atoms with Gasteiger partial charge < -0.3 is 21.1 Å². The van der Waals surface area contributed by atoms with Crippen LogP contribution in [-0.2, 0) is 17.4 Å². The lowest BCUT2D eigenvalue weighted by atomic mass is 10.1. The van der Waals surface area contributed by atoms with Gasteiger partial charge in [0.1, 0.15) is 6.04 Å². The van der Waals surface area contributed by atoms with Gasteiger partial charge in [0, 0.05) is 6.07 Å². The van der Waals surface area contributed by atoms with Gasteiger partial charge in [-0.3, -0.25) is 4.79 Å². The molecule has 0 aliphatic carbocycles. The second-order valence-corrected chi connectivity index (χ2v) is 5.70. The molecular weight excluding hydrogens is 345 g/mol. The summed E-state index contributed by atoms with van der Waals surface area (Å²) in [6, 6.07) is 0.631. The van der Waals surface area contributed by atoms with Crippen molar-refractivity contribution in [3.05, 3.63) is 21.3 Å². The van der Waals surface area contributed by atoms with Gasteiger partial charge in [0.25, 0.3) is 0 Å². The van der Waals surface area contributed by atoms with Crippen LogP contribution in [0.3, 0.4) is 0 Å². The lowest BCUT2D eigenvalue weighted by molar-refractivity contribution is -0.138. The molecule has 0 spiro atoms. The lowest BCUT2D eigenvalue weighted by Crippen LogP contribution is -2.32. The average molecular weight is 355 g/mol. The molecule has 17 heavy (non-hydrogen) atoms. The normalized spacial score (nSPS) is 12.6. The fourth-order valence-corrected chi connectivity index (χ4v) is 2.71. The zero-order valence-corrected chi connectivity index (χ0v) is 10.6. The first-order valence-electron chi connectivity index (χ1n) is 4.41. The molecule has 0 heterocycles. The van der Waals surface area contributed by atoms with E-state index < -0.39 is 43.3 Å². The number of carboxylic acid groups (broad SMARTS) is 1. The number of phenolic OH excluding ortho intramolecular Hbond substituents is 2. The third-order valence-corrected chi connectivity index (χ3v) is 4.02. The second-order valence-electron chi connectivity index (χ2n) is 3.30. The van der Waals surface area contributed by atoms with Gasteiger partial charge in [0.05, 0.1) is 3.57 Å². The number of aliphatic carboxylic acids is 1. The summed E-state index contributed by atoms with van der Waals surface area (Å²) in [6.07, 6.45) is -0.239. The number of aromatic hydroxyl groups is 2. The van der Waals surface area contributed by atoms with Crippen LogP contribution in [-0.4, -0.2) is 27.3 Å². The van der Waals surface area contributed by atoms with E-state index in [0.717, 1.165) is 12.1 Å². The standard InChI is InChI=1S/C9H10INO6/c11-6(9(14)15)1-4-2-7(12)8(13)3-5(4)10(16)17/h2-3,6,12-13H,1,11H2,(H,14,15). The summed E-state index contributed by atoms with van der Waals surface area (Å²) < 4.78 is 21.8. The van der Waals surface area contributed by atoms with Crippen LogP contribution < -0.4 is 5.73 Å². The maximum absolute atomic E-state index is 11.0. The van der Waals surface area contributed by atoms with Crippen molar-refractivity contribution in [3.8, 4) is 11.5 Å². The van der Waals surface area contributed by atoms with E-state index >= 15 is 0 Å². The van der Waals surface area contributed by atoms with E-state index in [2.05, 4.69) is 0 Å². The molecule has 0 saturated carbocycles. The van der Waals surface area contributed by atoms with Crippen LogP contribution in [0.5, 0.6) is 11.5 Å². The molecule has 8 heteroatoms. The average Bonchev–Trinajstić information content (AvgIpc) is 2.22. The molecular formula is C9H10INO6. The summed E-state index contributed by atoms with van der Waals surface area (Å²) in [5.41, 5.74) is 5.36. The van der Waals surface area contributed by atoms with Crippen molar-refractivity contribution in [2.45, 2.75) is 12.5 Å². The summed E-state index contributed by atoms with van der Waals surface area (Å²) >= 11 is -3.90. The Kier molecular flexibility index (Phi) is 4.23. The SMILES string of the molecule is NC(Cc1cc(O)c(O)cc1I(=O)=O)C(=O)O. The van der Waals surface area contributed by atoms with Crippen LogP contribution in [0.15, 0.2) is 12.1 Å². The highest BCUT2D eigenvalue weighted by atomic mass is 127. The van der Waals surface area contributed by atoms with Crippen molar-refractivity contribution in [2.24, 2.45) is 5.73 Å². The number of halogens is 1. The molecule has 0 amide bonds. The largest absolute Gasteiger partial charge is 0.504 e. The first-order valence-corrected chi connectivity index (χ1v) is 7.25. The molecule has 0 bridgehead atoms. The number of hydrogen-bond acceptors (Lipinski definition) is 6. The summed E-state index contributed by atoms with van der Waals surface area (Å²) in [7, 11) is 0. The predicted molar refractivity (Wildman–Crippen MR) is 63.2 cm³/mol. The highest BCUT2D eigenvalue weighted by molar-refractivity contribution is 14.2. The van der Waals surface area contributed by atoms with Crippen LogP contribution >= 0.6 is 19.8 Å². The van der Waals surface area contributed by atoms with Gasteiger partial charge in [-0.15, -0.1) is 0 Å². The maximum atomic E-state index is 11.0. The molecule has 0 aromatic heterocycles. The highest BCUT2D eigenvalue weighted by Gasteiger charge is 2.18. The number of carboxylic acids is 1. The van der Waals surface area contributed by atoms with E-state index in [9.17, 15) is 16.0 Å². The molecule has 0 radical (unpaired) electrons. The number of carbonyl (C=O) groups is 1. The smallest absolute Gasteiger partial charge is 0.341 e. The summed E-state index contributed by atoms with van der Waals surface area (Å²) in [5, 5.41) is 27.0. The Morgan fingerprint density at radius 2 is 1.82 bits per heavy atom. The number of hydrogen-bond donors (Lipinski definition) is 4. The molecule has 1 atom stereocenters. The van der Waals surface area contributed by atoms with Crippen molar-refractivity contribution in [2.75, 3.05) is 0 Å². The molecule has 1 aromatic carbocycles. The minimum atomic E-state index is -3.90. The first-order chi connectivity index (χ1) is 7.82. The van der Waals surface area contributed by atoms with Gasteiger partial charge in [0.15, 0.2) is 11.5 Å². The van der Waals surface area contributed by atoms with Crippen molar-refractivity contribution in [1.29, 1.82) is 0 Å². The Balaban J connectivity index is 3.22. The molecule has 1 aromatic rings. The Morgan fingerprint density at radius 1 is 1.29 bits per heavy atom. The molecule has 7 nitrogen and oxygen atoms in total. The Bertz CT molecular complexity index is 516. The third kappa shape index (κ3) is 3.27. The van der Waals surface area contributed by atoms with E-state index in [1.165, 1.54) is 0 Å². The van der Waals surface area contributed by atoms with Gasteiger partial charge in [-0.25, -0.2) is 6.14 Å². The zero-order chi connectivity index (χ0) is 13.2.